The fourth-order valence-corrected chi connectivity index (χ4v) is 0.909. The molecule has 15 heavy (non-hydrogen) atoms. The molecule has 1 aromatic heterocycles. The number of hydrogen-bond acceptors (Lipinski definition) is 4. The van der Waals surface area contributed by atoms with E-state index in [4.69, 9.17) is 5.73 Å². The summed E-state index contributed by atoms with van der Waals surface area (Å²) in [6, 6.07) is 0. The molecule has 1 rings (SSSR count). The Hall–Kier alpha value is -1.96. The lowest BCUT2D eigenvalue weighted by atomic mass is 10.3. The maximum absolute atomic E-state index is 11.1. The summed E-state index contributed by atoms with van der Waals surface area (Å²) in [4.78, 5) is 26.6. The number of nitrogens with zero attached hydrogens (tertiary/aromatic N) is 1. The number of hydrazone groups is 1. The maximum atomic E-state index is 11.1. The highest BCUT2D eigenvalue weighted by Gasteiger charge is 2.01. The van der Waals surface area contributed by atoms with Gasteiger partial charge in [0.05, 0.1) is 11.9 Å². The normalized spacial score (nSPS) is 10.5. The van der Waals surface area contributed by atoms with Gasteiger partial charge in [-0.15, -0.1) is 0 Å². The van der Waals surface area contributed by atoms with E-state index in [1.165, 1.54) is 6.21 Å². The van der Waals surface area contributed by atoms with Crippen LogP contribution in [0.25, 0.3) is 0 Å². The van der Waals surface area contributed by atoms with Crippen LogP contribution in [0, 0.1) is 6.92 Å². The molecule has 7 nitrogen and oxygen atoms in total. The Balaban J connectivity index is 3.05. The average molecular weight is 227 g/mol. The van der Waals surface area contributed by atoms with Crippen LogP contribution >= 0.6 is 12.2 Å². The van der Waals surface area contributed by atoms with Crippen LogP contribution in [-0.4, -0.2) is 21.3 Å². The van der Waals surface area contributed by atoms with Crippen LogP contribution in [0.5, 0.6) is 0 Å². The molecule has 0 radical (unpaired) electrons. The van der Waals surface area contributed by atoms with Gasteiger partial charge in [-0.3, -0.25) is 15.2 Å². The summed E-state index contributed by atoms with van der Waals surface area (Å²) < 4.78 is 0. The van der Waals surface area contributed by atoms with Gasteiger partial charge in [-0.25, -0.2) is 4.79 Å². The second kappa shape index (κ2) is 4.51. The lowest BCUT2D eigenvalue weighted by molar-refractivity contribution is 0.986. The first-order chi connectivity index (χ1) is 7.00. The third kappa shape index (κ3) is 3.02. The second-order valence-corrected chi connectivity index (χ2v) is 3.12. The molecule has 0 saturated heterocycles. The van der Waals surface area contributed by atoms with Gasteiger partial charge < -0.3 is 10.7 Å². The van der Waals surface area contributed by atoms with E-state index in [0.29, 0.717) is 11.3 Å². The monoisotopic (exact) mass is 227 g/mol. The van der Waals surface area contributed by atoms with Crippen molar-refractivity contribution in [1.82, 2.24) is 15.4 Å². The molecule has 0 unspecified atom stereocenters. The summed E-state index contributed by atoms with van der Waals surface area (Å²) in [6.07, 6.45) is 1.26. The van der Waals surface area contributed by atoms with E-state index < -0.39 is 11.2 Å². The van der Waals surface area contributed by atoms with Gasteiger partial charge in [0, 0.05) is 5.56 Å². The first-order valence-electron chi connectivity index (χ1n) is 3.92. The molecule has 1 heterocycles. The van der Waals surface area contributed by atoms with Crippen LogP contribution in [0.4, 0.5) is 0 Å². The van der Waals surface area contributed by atoms with Gasteiger partial charge in [0.1, 0.15) is 0 Å². The largest absolute Gasteiger partial charge is 0.375 e. The van der Waals surface area contributed by atoms with Gasteiger partial charge in [0.25, 0.3) is 5.56 Å². The van der Waals surface area contributed by atoms with Crippen LogP contribution in [0.3, 0.4) is 0 Å². The highest BCUT2D eigenvalue weighted by molar-refractivity contribution is 7.80. The van der Waals surface area contributed by atoms with Crippen molar-refractivity contribution < 1.29 is 0 Å². The number of nitrogens with one attached hydrogen (secondary N) is 3. The summed E-state index contributed by atoms with van der Waals surface area (Å²) in [7, 11) is 0. The number of aromatic amines is 2. The molecular formula is C7H9N5O2S. The average Bonchev–Trinajstić information content (AvgIpc) is 2.12. The van der Waals surface area contributed by atoms with Crippen molar-refractivity contribution in [3.05, 3.63) is 32.1 Å². The predicted octanol–water partition coefficient (Wildman–Crippen LogP) is -1.46. The molecule has 0 amide bonds. The van der Waals surface area contributed by atoms with Gasteiger partial charge in [0.2, 0.25) is 0 Å². The van der Waals surface area contributed by atoms with Crippen LogP contribution in [0.2, 0.25) is 0 Å². The highest BCUT2D eigenvalue weighted by atomic mass is 32.1. The van der Waals surface area contributed by atoms with Gasteiger partial charge in [0.15, 0.2) is 5.11 Å². The molecule has 0 saturated carbocycles. The van der Waals surface area contributed by atoms with Gasteiger partial charge >= 0.3 is 5.69 Å². The first-order valence-corrected chi connectivity index (χ1v) is 4.33. The molecule has 0 spiro atoms. The molecule has 0 aliphatic rings. The van der Waals surface area contributed by atoms with Crippen molar-refractivity contribution in [2.24, 2.45) is 10.8 Å². The topological polar surface area (TPSA) is 116 Å². The number of thiocarbonyl (C=S) groups is 1. The highest BCUT2D eigenvalue weighted by Crippen LogP contribution is 1.89. The molecular weight excluding hydrogens is 218 g/mol. The predicted molar refractivity (Wildman–Crippen MR) is 59.9 cm³/mol. The minimum atomic E-state index is -0.595. The first kappa shape index (κ1) is 11.1. The minimum Gasteiger partial charge on any atom is -0.375 e. The third-order valence-electron chi connectivity index (χ3n) is 1.59. The molecule has 1 aromatic rings. The van der Waals surface area contributed by atoms with Crippen molar-refractivity contribution in [1.29, 1.82) is 0 Å². The Kier molecular flexibility index (Phi) is 3.34. The summed E-state index contributed by atoms with van der Waals surface area (Å²) >= 11 is 4.51. The molecule has 8 heteroatoms. The van der Waals surface area contributed by atoms with Crippen molar-refractivity contribution in [2.75, 3.05) is 0 Å². The Morgan fingerprint density at radius 2 is 2.20 bits per heavy atom. The van der Waals surface area contributed by atoms with E-state index in [1.807, 2.05) is 0 Å². The zero-order valence-electron chi connectivity index (χ0n) is 7.83. The molecule has 0 aliphatic heterocycles. The SMILES string of the molecule is Cc1c(C=NNC(N)=S)[nH]c(=O)[nH]c1=O. The van der Waals surface area contributed by atoms with Gasteiger partial charge in [-0.2, -0.15) is 5.10 Å². The Bertz CT molecular complexity index is 515. The number of aromatic nitrogens is 2. The van der Waals surface area contributed by atoms with E-state index in [9.17, 15) is 9.59 Å². The summed E-state index contributed by atoms with van der Waals surface area (Å²) in [5.74, 6) is 0. The number of rotatable bonds is 2. The standard InChI is InChI=1S/C7H9N5O2S/c1-3-4(2-9-12-6(8)15)10-7(14)11-5(3)13/h2H,1H3,(H3,8,12,15)(H2,10,11,13,14). The van der Waals surface area contributed by atoms with E-state index in [-0.39, 0.29) is 5.11 Å². The van der Waals surface area contributed by atoms with Crippen LogP contribution in [0.1, 0.15) is 11.3 Å². The van der Waals surface area contributed by atoms with E-state index >= 15 is 0 Å². The van der Waals surface area contributed by atoms with Crippen molar-refractivity contribution in [3.63, 3.8) is 0 Å². The lowest BCUT2D eigenvalue weighted by Crippen LogP contribution is -2.27. The quantitative estimate of drug-likeness (QED) is 0.280. The molecule has 0 atom stereocenters. The van der Waals surface area contributed by atoms with E-state index in [1.54, 1.807) is 6.92 Å². The molecule has 0 aliphatic carbocycles. The van der Waals surface area contributed by atoms with Crippen LogP contribution < -0.4 is 22.4 Å². The Morgan fingerprint density at radius 3 is 2.80 bits per heavy atom. The smallest absolute Gasteiger partial charge is 0.326 e. The summed E-state index contributed by atoms with van der Waals surface area (Å²) in [5, 5.41) is 3.62. The van der Waals surface area contributed by atoms with Crippen LogP contribution in [0.15, 0.2) is 14.7 Å². The van der Waals surface area contributed by atoms with Crippen molar-refractivity contribution >= 4 is 23.5 Å². The molecule has 5 N–H and O–H groups in total. The summed E-state index contributed by atoms with van der Waals surface area (Å²) in [6.45, 7) is 1.55. The van der Waals surface area contributed by atoms with E-state index in [2.05, 4.69) is 32.7 Å². The van der Waals surface area contributed by atoms with Crippen molar-refractivity contribution in [3.8, 4) is 0 Å². The maximum Gasteiger partial charge on any atom is 0.326 e. The fourth-order valence-electron chi connectivity index (χ4n) is 0.856. The molecule has 0 bridgehead atoms. The molecule has 0 fully saturated rings. The number of nitrogens with two attached hydrogens (primary N) is 1. The molecule has 0 aromatic carbocycles. The van der Waals surface area contributed by atoms with Crippen LogP contribution in [-0.2, 0) is 0 Å². The third-order valence-corrected chi connectivity index (χ3v) is 1.68. The number of H-pyrrole nitrogens is 2. The second-order valence-electron chi connectivity index (χ2n) is 2.68. The summed E-state index contributed by atoms with van der Waals surface area (Å²) in [5.41, 5.74) is 7.02. The zero-order valence-corrected chi connectivity index (χ0v) is 8.64. The Morgan fingerprint density at radius 1 is 1.53 bits per heavy atom. The van der Waals surface area contributed by atoms with Gasteiger partial charge in [-0.1, -0.05) is 0 Å². The number of hydrogen-bond donors (Lipinski definition) is 4. The van der Waals surface area contributed by atoms with E-state index in [0.717, 1.165) is 0 Å². The lowest BCUT2D eigenvalue weighted by Gasteiger charge is -1.97. The van der Waals surface area contributed by atoms with Gasteiger partial charge in [-0.05, 0) is 19.1 Å². The zero-order chi connectivity index (χ0) is 11.4. The molecule has 80 valence electrons. The van der Waals surface area contributed by atoms with Crippen molar-refractivity contribution in [2.45, 2.75) is 6.92 Å². The Labute approximate surface area is 89.4 Å². The fraction of sp³-hybridized carbons (Fsp3) is 0.143. The minimum absolute atomic E-state index is 0.00362.